The van der Waals surface area contributed by atoms with Crippen LogP contribution in [-0.2, 0) is 11.3 Å². The maximum absolute atomic E-state index is 11.9. The van der Waals surface area contributed by atoms with E-state index in [4.69, 9.17) is 5.11 Å². The predicted octanol–water partition coefficient (Wildman–Crippen LogP) is 0.440. The summed E-state index contributed by atoms with van der Waals surface area (Å²) in [7, 11) is 0. The first kappa shape index (κ1) is 11.9. The molecule has 0 saturated carbocycles. The van der Waals surface area contributed by atoms with Crippen LogP contribution in [0.3, 0.4) is 0 Å². The lowest BCUT2D eigenvalue weighted by Crippen LogP contribution is -2.49. The van der Waals surface area contributed by atoms with Crippen LogP contribution in [0, 0.1) is 5.92 Å². The van der Waals surface area contributed by atoms with Crippen molar-refractivity contribution in [1.29, 1.82) is 0 Å². The van der Waals surface area contributed by atoms with E-state index in [0.717, 1.165) is 0 Å². The van der Waals surface area contributed by atoms with E-state index in [1.807, 2.05) is 11.0 Å². The fourth-order valence-corrected chi connectivity index (χ4v) is 2.28. The Bertz CT molecular complexity index is 689. The maximum atomic E-state index is 11.9. The van der Waals surface area contributed by atoms with Crippen molar-refractivity contribution in [2.45, 2.75) is 6.54 Å². The molecule has 1 fully saturated rings. The zero-order chi connectivity index (χ0) is 13.4. The van der Waals surface area contributed by atoms with Gasteiger partial charge in [-0.3, -0.25) is 14.5 Å². The van der Waals surface area contributed by atoms with Gasteiger partial charge in [0.25, 0.3) is 5.56 Å². The van der Waals surface area contributed by atoms with E-state index in [-0.39, 0.29) is 11.5 Å². The van der Waals surface area contributed by atoms with Crippen LogP contribution in [-0.4, -0.2) is 39.0 Å². The first-order chi connectivity index (χ1) is 9.13. The molecule has 6 heteroatoms. The molecule has 2 heterocycles. The van der Waals surface area contributed by atoms with Crippen LogP contribution in [0.4, 0.5) is 0 Å². The number of H-pyrrole nitrogens is 1. The maximum Gasteiger partial charge on any atom is 0.309 e. The minimum Gasteiger partial charge on any atom is -0.481 e. The Balaban J connectivity index is 1.79. The van der Waals surface area contributed by atoms with Crippen molar-refractivity contribution in [1.82, 2.24) is 14.9 Å². The zero-order valence-electron chi connectivity index (χ0n) is 10.2. The Morgan fingerprint density at radius 1 is 1.42 bits per heavy atom. The third-order valence-corrected chi connectivity index (χ3v) is 3.34. The van der Waals surface area contributed by atoms with Crippen molar-refractivity contribution in [3.63, 3.8) is 0 Å². The van der Waals surface area contributed by atoms with Crippen LogP contribution in [0.5, 0.6) is 0 Å². The molecule has 1 aliphatic rings. The number of likely N-dealkylation sites (tertiary alicyclic amines) is 1. The van der Waals surface area contributed by atoms with E-state index >= 15 is 0 Å². The number of hydrogen-bond acceptors (Lipinski definition) is 4. The van der Waals surface area contributed by atoms with Crippen molar-refractivity contribution in [2.24, 2.45) is 5.92 Å². The number of fused-ring (bicyclic) bond motifs is 1. The van der Waals surface area contributed by atoms with Gasteiger partial charge in [-0.25, -0.2) is 4.98 Å². The zero-order valence-corrected chi connectivity index (χ0v) is 10.2. The van der Waals surface area contributed by atoms with Gasteiger partial charge in [-0.2, -0.15) is 0 Å². The molecule has 6 nitrogen and oxygen atoms in total. The lowest BCUT2D eigenvalue weighted by molar-refractivity contribution is -0.147. The minimum absolute atomic E-state index is 0.157. The summed E-state index contributed by atoms with van der Waals surface area (Å²) in [6.07, 6.45) is 0. The molecule has 0 spiro atoms. The quantitative estimate of drug-likeness (QED) is 0.835. The molecule has 1 aromatic heterocycles. The van der Waals surface area contributed by atoms with Gasteiger partial charge in [-0.1, -0.05) is 12.1 Å². The van der Waals surface area contributed by atoms with Gasteiger partial charge in [0.2, 0.25) is 0 Å². The summed E-state index contributed by atoms with van der Waals surface area (Å²) in [5.74, 6) is -0.490. The number of nitrogens with one attached hydrogen (secondary N) is 1. The highest BCUT2D eigenvalue weighted by molar-refractivity contribution is 5.77. The van der Waals surface area contributed by atoms with Gasteiger partial charge in [0.1, 0.15) is 5.82 Å². The number of para-hydroxylation sites is 1. The Morgan fingerprint density at radius 3 is 2.89 bits per heavy atom. The minimum atomic E-state index is -0.767. The summed E-state index contributed by atoms with van der Waals surface area (Å²) in [5.41, 5.74) is 0.507. The Hall–Kier alpha value is -2.21. The van der Waals surface area contributed by atoms with Crippen molar-refractivity contribution in [2.75, 3.05) is 13.1 Å². The predicted molar refractivity (Wildman–Crippen MR) is 68.8 cm³/mol. The van der Waals surface area contributed by atoms with E-state index in [0.29, 0.717) is 36.4 Å². The number of aliphatic carboxylic acids is 1. The number of carboxylic acids is 1. The molecule has 0 unspecified atom stereocenters. The number of nitrogens with zero attached hydrogens (tertiary/aromatic N) is 2. The van der Waals surface area contributed by atoms with Crippen molar-refractivity contribution in [3.05, 3.63) is 40.4 Å². The summed E-state index contributed by atoms with van der Waals surface area (Å²) >= 11 is 0. The molecule has 0 bridgehead atoms. The van der Waals surface area contributed by atoms with Gasteiger partial charge in [0, 0.05) is 13.1 Å². The van der Waals surface area contributed by atoms with E-state index < -0.39 is 5.97 Å². The smallest absolute Gasteiger partial charge is 0.309 e. The molecule has 1 saturated heterocycles. The molecule has 1 aromatic carbocycles. The Labute approximate surface area is 108 Å². The van der Waals surface area contributed by atoms with Crippen LogP contribution in [0.1, 0.15) is 5.82 Å². The van der Waals surface area contributed by atoms with Crippen LogP contribution in [0.25, 0.3) is 10.9 Å². The van der Waals surface area contributed by atoms with Crippen LogP contribution in [0.2, 0.25) is 0 Å². The monoisotopic (exact) mass is 259 g/mol. The highest BCUT2D eigenvalue weighted by Gasteiger charge is 2.32. The fraction of sp³-hybridized carbons (Fsp3) is 0.308. The van der Waals surface area contributed by atoms with Crippen molar-refractivity contribution in [3.8, 4) is 0 Å². The SMILES string of the molecule is O=C(O)C1CN(Cc2nc3ccccc3c(=O)[nH]2)C1. The average molecular weight is 259 g/mol. The third-order valence-electron chi connectivity index (χ3n) is 3.34. The number of carbonyl (C=O) groups is 1. The number of benzene rings is 1. The standard InChI is InChI=1S/C13H13N3O3/c17-12-9-3-1-2-4-10(9)14-11(15-12)7-16-5-8(6-16)13(18)19/h1-4,8H,5-7H2,(H,18,19)(H,14,15,17). The number of aromatic amines is 1. The van der Waals surface area contributed by atoms with E-state index in [1.54, 1.807) is 18.2 Å². The average Bonchev–Trinajstić information content (AvgIpc) is 2.33. The fourth-order valence-electron chi connectivity index (χ4n) is 2.28. The molecule has 3 rings (SSSR count). The summed E-state index contributed by atoms with van der Waals surface area (Å²) in [5, 5.41) is 9.37. The lowest BCUT2D eigenvalue weighted by atomic mass is 10.0. The second-order valence-corrected chi connectivity index (χ2v) is 4.76. The molecular formula is C13H13N3O3. The van der Waals surface area contributed by atoms with Gasteiger partial charge in [-0.15, -0.1) is 0 Å². The van der Waals surface area contributed by atoms with Gasteiger partial charge in [0.15, 0.2) is 0 Å². The second-order valence-electron chi connectivity index (χ2n) is 4.76. The molecule has 19 heavy (non-hydrogen) atoms. The third kappa shape index (κ3) is 2.22. The molecule has 98 valence electrons. The number of carboxylic acid groups (broad SMARTS) is 1. The van der Waals surface area contributed by atoms with Gasteiger partial charge >= 0.3 is 5.97 Å². The number of rotatable bonds is 3. The van der Waals surface area contributed by atoms with Crippen molar-refractivity contribution >= 4 is 16.9 Å². The Morgan fingerprint density at radius 2 is 2.16 bits per heavy atom. The first-order valence-electron chi connectivity index (χ1n) is 6.06. The molecule has 2 aromatic rings. The van der Waals surface area contributed by atoms with Gasteiger partial charge in [-0.05, 0) is 12.1 Å². The summed E-state index contributed by atoms with van der Waals surface area (Å²) in [4.78, 5) is 31.6. The molecule has 0 atom stereocenters. The van der Waals surface area contributed by atoms with E-state index in [9.17, 15) is 9.59 Å². The van der Waals surface area contributed by atoms with Crippen LogP contribution >= 0.6 is 0 Å². The molecule has 0 amide bonds. The molecule has 0 radical (unpaired) electrons. The molecule has 0 aliphatic carbocycles. The number of aromatic nitrogens is 2. The van der Waals surface area contributed by atoms with Gasteiger partial charge in [0.05, 0.1) is 23.4 Å². The first-order valence-corrected chi connectivity index (χ1v) is 6.06. The normalized spacial score (nSPS) is 16.4. The molecular weight excluding hydrogens is 246 g/mol. The lowest BCUT2D eigenvalue weighted by Gasteiger charge is -2.36. The topological polar surface area (TPSA) is 86.3 Å². The molecule has 2 N–H and O–H groups in total. The second kappa shape index (κ2) is 4.47. The van der Waals surface area contributed by atoms with Crippen LogP contribution < -0.4 is 5.56 Å². The van der Waals surface area contributed by atoms with Crippen molar-refractivity contribution < 1.29 is 9.90 Å². The Kier molecular flexibility index (Phi) is 2.79. The highest BCUT2D eigenvalue weighted by Crippen LogP contribution is 2.17. The van der Waals surface area contributed by atoms with Crippen LogP contribution in [0.15, 0.2) is 29.1 Å². The highest BCUT2D eigenvalue weighted by atomic mass is 16.4. The van der Waals surface area contributed by atoms with Gasteiger partial charge < -0.3 is 10.1 Å². The molecule has 1 aliphatic heterocycles. The number of hydrogen-bond donors (Lipinski definition) is 2. The summed E-state index contributed by atoms with van der Waals surface area (Å²) < 4.78 is 0. The largest absolute Gasteiger partial charge is 0.481 e. The summed E-state index contributed by atoms with van der Waals surface area (Å²) in [6, 6.07) is 7.16. The summed E-state index contributed by atoms with van der Waals surface area (Å²) in [6.45, 7) is 1.49. The van der Waals surface area contributed by atoms with E-state index in [1.165, 1.54) is 0 Å². The van der Waals surface area contributed by atoms with E-state index in [2.05, 4.69) is 9.97 Å².